The number of carboxylic acids is 1. The topological polar surface area (TPSA) is 148 Å². The lowest BCUT2D eigenvalue weighted by atomic mass is 10.3. The molecule has 1 rings (SSSR count). The predicted octanol–water partition coefficient (Wildman–Crippen LogP) is 1.81. The van der Waals surface area contributed by atoms with Crippen molar-refractivity contribution in [3.8, 4) is 0 Å². The van der Waals surface area contributed by atoms with E-state index in [1.165, 1.54) is 14.2 Å². The maximum Gasteiger partial charge on any atom is 0.345 e. The molecular weight excluding hydrogens is 400 g/mol. The second kappa shape index (κ2) is 11.3. The number of halogens is 2. The molecule has 0 aromatic heterocycles. The van der Waals surface area contributed by atoms with Gasteiger partial charge in [-0.3, -0.25) is 19.5 Å². The van der Waals surface area contributed by atoms with Crippen molar-refractivity contribution in [2.45, 2.75) is 0 Å². The molecule has 10 nitrogen and oxygen atoms in total. The van der Waals surface area contributed by atoms with Crippen LogP contribution >= 0.6 is 30.8 Å². The van der Waals surface area contributed by atoms with E-state index in [0.717, 1.165) is 5.06 Å². The Labute approximate surface area is 153 Å². The van der Waals surface area contributed by atoms with Gasteiger partial charge in [0, 0.05) is 12.7 Å². The first-order valence-electron chi connectivity index (χ1n) is 6.47. The van der Waals surface area contributed by atoms with E-state index < -0.39 is 32.4 Å². The molecule has 5 N–H and O–H groups in total. The average molecular weight is 418 g/mol. The van der Waals surface area contributed by atoms with E-state index in [1.807, 2.05) is 0 Å². The van der Waals surface area contributed by atoms with Gasteiger partial charge in [-0.05, 0) is 18.2 Å². The molecular formula is C12H18Cl2N3O7P. The number of anilines is 1. The summed E-state index contributed by atoms with van der Waals surface area (Å²) in [6.45, 7) is -0.439. The summed E-state index contributed by atoms with van der Waals surface area (Å²) in [5.41, 5.74) is 0.554. The van der Waals surface area contributed by atoms with Gasteiger partial charge in [-0.25, -0.2) is 9.86 Å². The highest BCUT2D eigenvalue weighted by atomic mass is 35.5. The molecule has 1 aromatic carbocycles. The molecule has 142 valence electrons. The first-order chi connectivity index (χ1) is 11.5. The lowest BCUT2D eigenvalue weighted by Gasteiger charge is -2.14. The van der Waals surface area contributed by atoms with Crippen LogP contribution in [-0.2, 0) is 14.2 Å². The average Bonchev–Trinajstić information content (AvgIpc) is 2.49. The molecule has 0 saturated heterocycles. The summed E-state index contributed by atoms with van der Waals surface area (Å²) < 4.78 is 10.1. The molecule has 2 amide bonds. The molecule has 13 heteroatoms. The number of benzene rings is 1. The van der Waals surface area contributed by atoms with E-state index in [-0.39, 0.29) is 0 Å². The summed E-state index contributed by atoms with van der Waals surface area (Å²) in [6.07, 6.45) is -0.598. The minimum Gasteiger partial charge on any atom is -0.480 e. The summed E-state index contributed by atoms with van der Waals surface area (Å²) >= 11 is 11.5. The van der Waals surface area contributed by atoms with Crippen LogP contribution in [0.25, 0.3) is 0 Å². The van der Waals surface area contributed by atoms with Crippen molar-refractivity contribution in [3.05, 3.63) is 28.2 Å². The summed E-state index contributed by atoms with van der Waals surface area (Å²) in [5.74, 6) is -1.14. The third-order valence-corrected chi connectivity index (χ3v) is 3.70. The minimum atomic E-state index is -4.10. The van der Waals surface area contributed by atoms with Crippen LogP contribution in [0.5, 0.6) is 0 Å². The molecule has 0 atom stereocenters. The van der Waals surface area contributed by atoms with Crippen molar-refractivity contribution in [3.63, 3.8) is 0 Å². The van der Waals surface area contributed by atoms with E-state index >= 15 is 0 Å². The second-order valence-corrected chi connectivity index (χ2v) is 6.84. The fraction of sp³-hybridized carbons (Fsp3) is 0.333. The minimum absolute atomic E-state index is 0.384. The Kier molecular flexibility index (Phi) is 10.6. The fourth-order valence-corrected chi connectivity index (χ4v) is 1.87. The molecule has 1 aromatic rings. The Morgan fingerprint density at radius 2 is 1.88 bits per heavy atom. The van der Waals surface area contributed by atoms with Crippen LogP contribution in [0.4, 0.5) is 10.5 Å². The Morgan fingerprint density at radius 1 is 1.28 bits per heavy atom. The van der Waals surface area contributed by atoms with Crippen LogP contribution in [0.3, 0.4) is 0 Å². The molecule has 0 bridgehead atoms. The largest absolute Gasteiger partial charge is 0.480 e. The van der Waals surface area contributed by atoms with Crippen LogP contribution in [-0.4, -0.2) is 58.9 Å². The quantitative estimate of drug-likeness (QED) is 0.347. The maximum atomic E-state index is 11.4. The number of nitrogens with zero attached hydrogens (tertiary/aromatic N) is 1. The number of carboxylic acid groups (broad SMARTS) is 1. The first kappa shape index (κ1) is 23.6. The van der Waals surface area contributed by atoms with Crippen molar-refractivity contribution in [2.24, 2.45) is 0 Å². The number of hydrogen-bond donors (Lipinski definition) is 5. The third kappa shape index (κ3) is 11.7. The van der Waals surface area contributed by atoms with Crippen LogP contribution in [0.15, 0.2) is 18.2 Å². The fourth-order valence-electron chi connectivity index (χ4n) is 1.17. The number of urea groups is 1. The SMILES string of the molecule is CON(C)C(=O)Nc1ccc(Cl)c(Cl)c1.O=C(O)CNCP(=O)(O)O. The van der Waals surface area contributed by atoms with Gasteiger partial charge in [0.05, 0.1) is 30.0 Å². The van der Waals surface area contributed by atoms with E-state index in [0.29, 0.717) is 15.7 Å². The van der Waals surface area contributed by atoms with Crippen LogP contribution in [0, 0.1) is 0 Å². The van der Waals surface area contributed by atoms with Crippen molar-refractivity contribution < 1.29 is 33.9 Å². The molecule has 0 spiro atoms. The second-order valence-electron chi connectivity index (χ2n) is 4.38. The molecule has 0 unspecified atom stereocenters. The Hall–Kier alpha value is -1.39. The number of carbonyl (C=O) groups excluding carboxylic acids is 1. The molecule has 0 saturated carbocycles. The molecule has 25 heavy (non-hydrogen) atoms. The smallest absolute Gasteiger partial charge is 0.345 e. The van der Waals surface area contributed by atoms with Gasteiger partial charge in [0.2, 0.25) is 0 Å². The highest BCUT2D eigenvalue weighted by Gasteiger charge is 2.11. The number of carbonyl (C=O) groups is 2. The molecule has 0 heterocycles. The highest BCUT2D eigenvalue weighted by molar-refractivity contribution is 7.51. The van der Waals surface area contributed by atoms with Crippen molar-refractivity contribution in [2.75, 3.05) is 32.3 Å². The monoisotopic (exact) mass is 417 g/mol. The molecule has 0 aliphatic heterocycles. The summed E-state index contributed by atoms with van der Waals surface area (Å²) in [7, 11) is -1.21. The van der Waals surface area contributed by atoms with E-state index in [9.17, 15) is 14.2 Å². The van der Waals surface area contributed by atoms with E-state index in [4.69, 9.17) is 42.9 Å². The molecule has 0 fully saturated rings. The van der Waals surface area contributed by atoms with Gasteiger partial charge in [0.25, 0.3) is 0 Å². The highest BCUT2D eigenvalue weighted by Crippen LogP contribution is 2.31. The zero-order chi connectivity index (χ0) is 19.6. The lowest BCUT2D eigenvalue weighted by Crippen LogP contribution is -2.30. The third-order valence-electron chi connectivity index (χ3n) is 2.32. The van der Waals surface area contributed by atoms with Crippen LogP contribution in [0.1, 0.15) is 0 Å². The molecule has 0 radical (unpaired) electrons. The Bertz CT molecular complexity index is 641. The van der Waals surface area contributed by atoms with Gasteiger partial charge >= 0.3 is 19.6 Å². The van der Waals surface area contributed by atoms with Gasteiger partial charge in [0.1, 0.15) is 0 Å². The van der Waals surface area contributed by atoms with Crippen molar-refractivity contribution in [1.29, 1.82) is 0 Å². The number of nitrogens with one attached hydrogen (secondary N) is 2. The number of hydrogen-bond acceptors (Lipinski definition) is 5. The number of aliphatic carboxylic acids is 1. The zero-order valence-corrected chi connectivity index (χ0v) is 15.7. The van der Waals surface area contributed by atoms with Gasteiger partial charge in [-0.1, -0.05) is 23.2 Å². The van der Waals surface area contributed by atoms with Crippen molar-refractivity contribution in [1.82, 2.24) is 10.4 Å². The van der Waals surface area contributed by atoms with Gasteiger partial charge in [-0.15, -0.1) is 0 Å². The van der Waals surface area contributed by atoms with Gasteiger partial charge in [-0.2, -0.15) is 0 Å². The molecule has 0 aliphatic carbocycles. The zero-order valence-electron chi connectivity index (χ0n) is 13.3. The normalized spacial score (nSPS) is 10.5. The number of rotatable bonds is 6. The maximum absolute atomic E-state index is 11.4. The summed E-state index contributed by atoms with van der Waals surface area (Å²) in [6, 6.07) is 4.42. The molecule has 0 aliphatic rings. The van der Waals surface area contributed by atoms with Crippen LogP contribution < -0.4 is 10.6 Å². The predicted molar refractivity (Wildman–Crippen MR) is 92.8 cm³/mol. The van der Waals surface area contributed by atoms with Gasteiger partial charge in [0.15, 0.2) is 0 Å². The van der Waals surface area contributed by atoms with E-state index in [2.05, 4.69) is 10.6 Å². The van der Waals surface area contributed by atoms with Crippen molar-refractivity contribution >= 4 is 48.5 Å². The number of hydroxylamine groups is 2. The standard InChI is InChI=1S/C9H10Cl2N2O2.C3H8NO5P/c1-13(15-2)9(14)12-6-3-4-7(10)8(11)5-6;5-3(6)1-4-2-10(7,8)9/h3-5H,1-2H3,(H,12,14);4H,1-2H2,(H,5,6)(H2,7,8,9). The van der Waals surface area contributed by atoms with E-state index in [1.54, 1.807) is 18.2 Å². The number of amides is 2. The summed E-state index contributed by atoms with van der Waals surface area (Å²) in [5, 5.41) is 14.5. The summed E-state index contributed by atoms with van der Waals surface area (Å²) in [4.78, 5) is 42.2. The lowest BCUT2D eigenvalue weighted by molar-refractivity contribution is -0.135. The van der Waals surface area contributed by atoms with Gasteiger partial charge < -0.3 is 20.2 Å². The van der Waals surface area contributed by atoms with Crippen LogP contribution in [0.2, 0.25) is 10.0 Å². The first-order valence-corrected chi connectivity index (χ1v) is 9.02. The Morgan fingerprint density at radius 3 is 2.32 bits per heavy atom. The Balaban J connectivity index is 0.000000504.